The van der Waals surface area contributed by atoms with Gasteiger partial charge >= 0.3 is 0 Å². The minimum Gasteiger partial charge on any atom is -0.339 e. The standard InChI is InChI=1S/C15H18N2/c1-12(2)17(15-8-10-16-11-9-15)14-6-4-13(3)5-7-14/h4-12H,1-3H3. The molecule has 1 aromatic carbocycles. The van der Waals surface area contributed by atoms with Crippen molar-refractivity contribution in [1.82, 2.24) is 4.98 Å². The molecule has 0 saturated heterocycles. The molecule has 2 nitrogen and oxygen atoms in total. The molecule has 0 N–H and O–H groups in total. The fraction of sp³-hybridized carbons (Fsp3) is 0.267. The number of anilines is 2. The molecule has 0 fully saturated rings. The molecule has 0 aliphatic heterocycles. The van der Waals surface area contributed by atoms with Crippen LogP contribution in [0.15, 0.2) is 48.8 Å². The van der Waals surface area contributed by atoms with Gasteiger partial charge in [-0.05, 0) is 45.0 Å². The lowest BCUT2D eigenvalue weighted by Crippen LogP contribution is -2.25. The molecule has 0 amide bonds. The Hall–Kier alpha value is -1.83. The van der Waals surface area contributed by atoms with Gasteiger partial charge in [0, 0.05) is 29.8 Å². The van der Waals surface area contributed by atoms with Crippen LogP contribution < -0.4 is 4.90 Å². The van der Waals surface area contributed by atoms with Gasteiger partial charge in [0.2, 0.25) is 0 Å². The van der Waals surface area contributed by atoms with Gasteiger partial charge in [-0.15, -0.1) is 0 Å². The van der Waals surface area contributed by atoms with Crippen LogP contribution in [0.1, 0.15) is 19.4 Å². The molecule has 2 rings (SSSR count). The van der Waals surface area contributed by atoms with Crippen LogP contribution in [-0.4, -0.2) is 11.0 Å². The first-order valence-corrected chi connectivity index (χ1v) is 5.94. The molecule has 17 heavy (non-hydrogen) atoms. The molecular weight excluding hydrogens is 208 g/mol. The molecule has 0 atom stereocenters. The molecule has 0 spiro atoms. The van der Waals surface area contributed by atoms with E-state index < -0.39 is 0 Å². The molecule has 0 unspecified atom stereocenters. The van der Waals surface area contributed by atoms with E-state index in [2.05, 4.69) is 54.9 Å². The average Bonchev–Trinajstić information content (AvgIpc) is 2.33. The van der Waals surface area contributed by atoms with Crippen molar-refractivity contribution in [3.05, 3.63) is 54.4 Å². The quantitative estimate of drug-likeness (QED) is 0.788. The summed E-state index contributed by atoms with van der Waals surface area (Å²) in [6.45, 7) is 6.50. The normalized spacial score (nSPS) is 10.6. The molecule has 0 radical (unpaired) electrons. The van der Waals surface area contributed by atoms with E-state index in [4.69, 9.17) is 0 Å². The summed E-state index contributed by atoms with van der Waals surface area (Å²) in [6, 6.07) is 13.1. The van der Waals surface area contributed by atoms with Crippen LogP contribution in [0.3, 0.4) is 0 Å². The molecule has 1 aromatic heterocycles. The van der Waals surface area contributed by atoms with Crippen LogP contribution in [0.25, 0.3) is 0 Å². The van der Waals surface area contributed by atoms with Crippen molar-refractivity contribution < 1.29 is 0 Å². The first kappa shape index (κ1) is 11.6. The van der Waals surface area contributed by atoms with Gasteiger partial charge < -0.3 is 4.90 Å². The highest BCUT2D eigenvalue weighted by Gasteiger charge is 2.12. The summed E-state index contributed by atoms with van der Waals surface area (Å²) in [4.78, 5) is 6.37. The zero-order valence-electron chi connectivity index (χ0n) is 10.6. The predicted molar refractivity (Wildman–Crippen MR) is 72.7 cm³/mol. The number of hydrogen-bond acceptors (Lipinski definition) is 2. The highest BCUT2D eigenvalue weighted by atomic mass is 15.2. The fourth-order valence-electron chi connectivity index (χ4n) is 1.96. The fourth-order valence-corrected chi connectivity index (χ4v) is 1.96. The van der Waals surface area contributed by atoms with Crippen molar-refractivity contribution in [3.63, 3.8) is 0 Å². The zero-order chi connectivity index (χ0) is 12.3. The van der Waals surface area contributed by atoms with Gasteiger partial charge in [-0.2, -0.15) is 0 Å². The monoisotopic (exact) mass is 226 g/mol. The zero-order valence-corrected chi connectivity index (χ0v) is 10.6. The van der Waals surface area contributed by atoms with E-state index in [0.29, 0.717) is 6.04 Å². The van der Waals surface area contributed by atoms with Crippen molar-refractivity contribution in [2.24, 2.45) is 0 Å². The third-order valence-corrected chi connectivity index (χ3v) is 2.77. The maximum absolute atomic E-state index is 4.07. The molecule has 0 aliphatic rings. The van der Waals surface area contributed by atoms with Gasteiger partial charge in [0.25, 0.3) is 0 Å². The van der Waals surface area contributed by atoms with Crippen LogP contribution in [0, 0.1) is 6.92 Å². The van der Waals surface area contributed by atoms with Crippen LogP contribution in [0.2, 0.25) is 0 Å². The summed E-state index contributed by atoms with van der Waals surface area (Å²) in [5, 5.41) is 0. The number of benzene rings is 1. The minimum absolute atomic E-state index is 0.417. The lowest BCUT2D eigenvalue weighted by atomic mass is 10.1. The number of aryl methyl sites for hydroxylation is 1. The molecule has 0 saturated carbocycles. The lowest BCUT2D eigenvalue weighted by molar-refractivity contribution is 0.788. The third kappa shape index (κ3) is 2.64. The average molecular weight is 226 g/mol. The van der Waals surface area contributed by atoms with Gasteiger partial charge in [0.15, 0.2) is 0 Å². The molecule has 0 aliphatic carbocycles. The Balaban J connectivity index is 2.39. The molecule has 88 valence electrons. The third-order valence-electron chi connectivity index (χ3n) is 2.77. The predicted octanol–water partition coefficient (Wildman–Crippen LogP) is 3.94. The largest absolute Gasteiger partial charge is 0.339 e. The van der Waals surface area contributed by atoms with Crippen molar-refractivity contribution in [2.45, 2.75) is 26.8 Å². The second-order valence-electron chi connectivity index (χ2n) is 4.50. The van der Waals surface area contributed by atoms with Crippen LogP contribution in [0.5, 0.6) is 0 Å². The summed E-state index contributed by atoms with van der Waals surface area (Å²) in [6.07, 6.45) is 3.66. The van der Waals surface area contributed by atoms with Crippen molar-refractivity contribution in [2.75, 3.05) is 4.90 Å². The summed E-state index contributed by atoms with van der Waals surface area (Å²) < 4.78 is 0. The van der Waals surface area contributed by atoms with E-state index in [1.165, 1.54) is 16.9 Å². The second kappa shape index (κ2) is 5.00. The Morgan fingerprint density at radius 1 is 0.882 bits per heavy atom. The highest BCUT2D eigenvalue weighted by Crippen LogP contribution is 2.27. The molecule has 0 bridgehead atoms. The summed E-state index contributed by atoms with van der Waals surface area (Å²) in [5.74, 6) is 0. The summed E-state index contributed by atoms with van der Waals surface area (Å²) in [7, 11) is 0. The van der Waals surface area contributed by atoms with Gasteiger partial charge in [0.05, 0.1) is 0 Å². The van der Waals surface area contributed by atoms with E-state index in [1.54, 1.807) is 0 Å². The van der Waals surface area contributed by atoms with E-state index in [9.17, 15) is 0 Å². The Labute approximate surface area is 103 Å². The Morgan fingerprint density at radius 3 is 1.94 bits per heavy atom. The first-order valence-electron chi connectivity index (χ1n) is 5.94. The van der Waals surface area contributed by atoms with Gasteiger partial charge in [-0.3, -0.25) is 4.98 Å². The smallest absolute Gasteiger partial charge is 0.0444 e. The Bertz CT molecular complexity index is 460. The topological polar surface area (TPSA) is 16.1 Å². The maximum Gasteiger partial charge on any atom is 0.0444 e. The van der Waals surface area contributed by atoms with Crippen LogP contribution >= 0.6 is 0 Å². The summed E-state index contributed by atoms with van der Waals surface area (Å²) in [5.41, 5.74) is 3.68. The van der Waals surface area contributed by atoms with Crippen molar-refractivity contribution in [1.29, 1.82) is 0 Å². The highest BCUT2D eigenvalue weighted by molar-refractivity contribution is 5.63. The maximum atomic E-state index is 4.07. The SMILES string of the molecule is Cc1ccc(N(c2ccncc2)C(C)C)cc1. The minimum atomic E-state index is 0.417. The van der Waals surface area contributed by atoms with Gasteiger partial charge in [-0.25, -0.2) is 0 Å². The van der Waals surface area contributed by atoms with Crippen molar-refractivity contribution >= 4 is 11.4 Å². The van der Waals surface area contributed by atoms with E-state index in [0.717, 1.165) is 0 Å². The molecule has 1 heterocycles. The van der Waals surface area contributed by atoms with Crippen molar-refractivity contribution in [3.8, 4) is 0 Å². The van der Waals surface area contributed by atoms with Gasteiger partial charge in [0.1, 0.15) is 0 Å². The number of rotatable bonds is 3. The van der Waals surface area contributed by atoms with E-state index in [1.807, 2.05) is 24.5 Å². The molecule has 2 heteroatoms. The first-order chi connectivity index (χ1) is 8.18. The number of nitrogens with zero attached hydrogens (tertiary/aromatic N) is 2. The van der Waals surface area contributed by atoms with Crippen LogP contribution in [0.4, 0.5) is 11.4 Å². The number of pyridine rings is 1. The molecular formula is C15H18N2. The number of aromatic nitrogens is 1. The van der Waals surface area contributed by atoms with E-state index in [-0.39, 0.29) is 0 Å². The number of hydrogen-bond donors (Lipinski definition) is 0. The van der Waals surface area contributed by atoms with Gasteiger partial charge in [-0.1, -0.05) is 17.7 Å². The summed E-state index contributed by atoms with van der Waals surface area (Å²) >= 11 is 0. The van der Waals surface area contributed by atoms with E-state index >= 15 is 0 Å². The van der Waals surface area contributed by atoms with Crippen LogP contribution in [-0.2, 0) is 0 Å². The Kier molecular flexibility index (Phi) is 3.43. The molecule has 2 aromatic rings. The second-order valence-corrected chi connectivity index (χ2v) is 4.50. The Morgan fingerprint density at radius 2 is 1.41 bits per heavy atom. The lowest BCUT2D eigenvalue weighted by Gasteiger charge is -2.29.